The Labute approximate surface area is 212 Å². The normalized spacial score (nSPS) is 16.4. The molecule has 3 aromatic rings. The Hall–Kier alpha value is -4.03. The van der Waals surface area contributed by atoms with Gasteiger partial charge in [-0.05, 0) is 53.8 Å². The van der Waals surface area contributed by atoms with Gasteiger partial charge in [-0.1, -0.05) is 54.6 Å². The fourth-order valence-electron chi connectivity index (χ4n) is 4.71. The first-order valence-corrected chi connectivity index (χ1v) is 11.7. The third kappa shape index (κ3) is 4.72. The zero-order chi connectivity index (χ0) is 25.7. The van der Waals surface area contributed by atoms with Crippen molar-refractivity contribution in [2.75, 3.05) is 28.4 Å². The Morgan fingerprint density at radius 3 is 2.22 bits per heavy atom. The fraction of sp³-hybridized carbons (Fsp3) is 0.233. The number of rotatable bonds is 9. The monoisotopic (exact) mass is 485 g/mol. The lowest BCUT2D eigenvalue weighted by atomic mass is 9.98. The highest BCUT2D eigenvalue weighted by atomic mass is 16.5. The standard InChI is InChI=1S/C30H31NO5/c1-20-17-22(28(34-3)29(35-4)27(20)33-2)15-16-26(32)31-30(36-5)19-23(18-21-11-7-6-8-12-21)24-13-9-10-14-25(24)30/h6-17,19H,18H2,1-5H3,(H,31,32)/b16-15+. The lowest BCUT2D eigenvalue weighted by molar-refractivity contribution is -0.123. The zero-order valence-electron chi connectivity index (χ0n) is 21.3. The number of benzene rings is 3. The van der Waals surface area contributed by atoms with Gasteiger partial charge in [0, 0.05) is 24.3 Å². The summed E-state index contributed by atoms with van der Waals surface area (Å²) in [4.78, 5) is 13.2. The van der Waals surface area contributed by atoms with Gasteiger partial charge >= 0.3 is 0 Å². The van der Waals surface area contributed by atoms with Crippen molar-refractivity contribution in [3.8, 4) is 17.2 Å². The number of ether oxygens (including phenoxy) is 4. The van der Waals surface area contributed by atoms with Crippen molar-refractivity contribution in [1.82, 2.24) is 5.32 Å². The largest absolute Gasteiger partial charge is 0.492 e. The van der Waals surface area contributed by atoms with E-state index >= 15 is 0 Å². The number of nitrogens with one attached hydrogen (secondary N) is 1. The molecule has 0 bridgehead atoms. The fourth-order valence-corrected chi connectivity index (χ4v) is 4.71. The van der Waals surface area contributed by atoms with Gasteiger partial charge in [-0.25, -0.2) is 0 Å². The van der Waals surface area contributed by atoms with E-state index in [0.29, 0.717) is 22.8 Å². The third-order valence-corrected chi connectivity index (χ3v) is 6.35. The summed E-state index contributed by atoms with van der Waals surface area (Å²) in [5.74, 6) is 1.25. The molecule has 6 heteroatoms. The highest BCUT2D eigenvalue weighted by molar-refractivity contribution is 5.94. The van der Waals surface area contributed by atoms with Crippen LogP contribution in [0.15, 0.2) is 72.8 Å². The van der Waals surface area contributed by atoms with Gasteiger partial charge in [-0.2, -0.15) is 0 Å². The molecule has 36 heavy (non-hydrogen) atoms. The average molecular weight is 486 g/mol. The van der Waals surface area contributed by atoms with E-state index < -0.39 is 5.72 Å². The maximum absolute atomic E-state index is 13.2. The van der Waals surface area contributed by atoms with Crippen LogP contribution in [-0.2, 0) is 21.7 Å². The molecule has 0 radical (unpaired) electrons. The van der Waals surface area contributed by atoms with E-state index in [4.69, 9.17) is 18.9 Å². The van der Waals surface area contributed by atoms with Crippen LogP contribution in [0.5, 0.6) is 17.2 Å². The van der Waals surface area contributed by atoms with E-state index in [1.807, 2.05) is 55.5 Å². The quantitative estimate of drug-likeness (QED) is 0.330. The van der Waals surface area contributed by atoms with E-state index in [2.05, 4.69) is 23.5 Å². The van der Waals surface area contributed by atoms with Crippen molar-refractivity contribution < 1.29 is 23.7 Å². The van der Waals surface area contributed by atoms with Gasteiger partial charge in [0.15, 0.2) is 17.2 Å². The predicted octanol–water partition coefficient (Wildman–Crippen LogP) is 5.29. The van der Waals surface area contributed by atoms with Crippen molar-refractivity contribution in [2.24, 2.45) is 0 Å². The lowest BCUT2D eigenvalue weighted by Crippen LogP contribution is -2.44. The van der Waals surface area contributed by atoms with Gasteiger partial charge in [-0.15, -0.1) is 0 Å². The molecule has 0 aromatic heterocycles. The molecule has 0 saturated heterocycles. The Morgan fingerprint density at radius 1 is 0.889 bits per heavy atom. The molecule has 4 rings (SSSR count). The number of amides is 1. The van der Waals surface area contributed by atoms with Crippen LogP contribution >= 0.6 is 0 Å². The van der Waals surface area contributed by atoms with Gasteiger partial charge in [0.2, 0.25) is 11.7 Å². The van der Waals surface area contributed by atoms with Crippen molar-refractivity contribution in [3.63, 3.8) is 0 Å². The minimum absolute atomic E-state index is 0.307. The second kappa shape index (κ2) is 10.7. The maximum Gasteiger partial charge on any atom is 0.246 e. The minimum Gasteiger partial charge on any atom is -0.492 e. The van der Waals surface area contributed by atoms with Crippen LogP contribution in [0.4, 0.5) is 0 Å². The molecule has 1 amide bonds. The Bertz CT molecular complexity index is 1310. The molecule has 0 saturated carbocycles. The number of carbonyl (C=O) groups is 1. The Morgan fingerprint density at radius 2 is 1.56 bits per heavy atom. The first-order chi connectivity index (χ1) is 17.5. The summed E-state index contributed by atoms with van der Waals surface area (Å²) in [6, 6.07) is 20.1. The van der Waals surface area contributed by atoms with Crippen molar-refractivity contribution >= 4 is 17.6 Å². The highest BCUT2D eigenvalue weighted by Crippen LogP contribution is 2.43. The van der Waals surface area contributed by atoms with Crippen LogP contribution in [0.25, 0.3) is 11.6 Å². The van der Waals surface area contributed by atoms with E-state index in [9.17, 15) is 4.79 Å². The summed E-state index contributed by atoms with van der Waals surface area (Å²) in [6.45, 7) is 1.91. The van der Waals surface area contributed by atoms with Crippen molar-refractivity contribution in [1.29, 1.82) is 0 Å². The SMILES string of the molecule is COc1c(C)cc(/C=C/C(=O)NC2(OC)C=C(Cc3ccccc3)c3ccccc32)c(OC)c1OC. The number of hydrogen-bond acceptors (Lipinski definition) is 5. The molecule has 0 heterocycles. The van der Waals surface area contributed by atoms with Gasteiger partial charge in [0.05, 0.1) is 21.3 Å². The van der Waals surface area contributed by atoms with Gasteiger partial charge in [0.25, 0.3) is 0 Å². The summed E-state index contributed by atoms with van der Waals surface area (Å²) in [5, 5.41) is 3.07. The van der Waals surface area contributed by atoms with Crippen LogP contribution in [0, 0.1) is 6.92 Å². The average Bonchev–Trinajstić information content (AvgIpc) is 3.20. The van der Waals surface area contributed by atoms with Crippen LogP contribution in [0.3, 0.4) is 0 Å². The number of allylic oxidation sites excluding steroid dienone is 1. The van der Waals surface area contributed by atoms with Crippen LogP contribution in [-0.4, -0.2) is 34.3 Å². The maximum atomic E-state index is 13.2. The van der Waals surface area contributed by atoms with E-state index in [1.165, 1.54) is 11.6 Å². The van der Waals surface area contributed by atoms with E-state index in [1.54, 1.807) is 34.5 Å². The summed E-state index contributed by atoms with van der Waals surface area (Å²) >= 11 is 0. The molecule has 1 atom stereocenters. The molecular weight excluding hydrogens is 454 g/mol. The molecule has 186 valence electrons. The molecule has 1 unspecified atom stereocenters. The summed E-state index contributed by atoms with van der Waals surface area (Å²) in [7, 11) is 6.29. The second-order valence-corrected chi connectivity index (χ2v) is 8.52. The number of methoxy groups -OCH3 is 4. The lowest BCUT2D eigenvalue weighted by Gasteiger charge is -2.28. The predicted molar refractivity (Wildman–Crippen MR) is 141 cm³/mol. The van der Waals surface area contributed by atoms with Crippen LogP contribution < -0.4 is 19.5 Å². The molecule has 0 spiro atoms. The van der Waals surface area contributed by atoms with E-state index in [0.717, 1.165) is 28.7 Å². The minimum atomic E-state index is -1.07. The summed E-state index contributed by atoms with van der Waals surface area (Å²) < 4.78 is 22.5. The molecular formula is C30H31NO5. The highest BCUT2D eigenvalue weighted by Gasteiger charge is 2.39. The Balaban J connectivity index is 1.64. The number of carbonyl (C=O) groups excluding carboxylic acids is 1. The van der Waals surface area contributed by atoms with Crippen molar-refractivity contribution in [3.05, 3.63) is 101 Å². The second-order valence-electron chi connectivity index (χ2n) is 8.52. The van der Waals surface area contributed by atoms with Gasteiger partial charge < -0.3 is 24.3 Å². The number of fused-ring (bicyclic) bond motifs is 1. The molecule has 1 aliphatic rings. The van der Waals surface area contributed by atoms with Gasteiger partial charge in [-0.3, -0.25) is 4.79 Å². The topological polar surface area (TPSA) is 66.0 Å². The van der Waals surface area contributed by atoms with Crippen molar-refractivity contribution in [2.45, 2.75) is 19.1 Å². The molecule has 1 aliphatic carbocycles. The van der Waals surface area contributed by atoms with Crippen LogP contribution in [0.1, 0.15) is 27.8 Å². The Kier molecular flexibility index (Phi) is 7.46. The smallest absolute Gasteiger partial charge is 0.246 e. The molecule has 1 N–H and O–H groups in total. The third-order valence-electron chi connectivity index (χ3n) is 6.35. The molecule has 0 fully saturated rings. The van der Waals surface area contributed by atoms with Gasteiger partial charge in [0.1, 0.15) is 0 Å². The summed E-state index contributed by atoms with van der Waals surface area (Å²) in [5.41, 5.74) is 4.74. The number of hydrogen-bond donors (Lipinski definition) is 1. The number of aryl methyl sites for hydroxylation is 1. The molecule has 6 nitrogen and oxygen atoms in total. The molecule has 3 aromatic carbocycles. The molecule has 0 aliphatic heterocycles. The van der Waals surface area contributed by atoms with E-state index in [-0.39, 0.29) is 5.91 Å². The first-order valence-electron chi connectivity index (χ1n) is 11.7. The summed E-state index contributed by atoms with van der Waals surface area (Å²) in [6.07, 6.45) is 5.89. The first kappa shape index (κ1) is 25.1. The zero-order valence-corrected chi connectivity index (χ0v) is 21.3. The van der Waals surface area contributed by atoms with Crippen LogP contribution in [0.2, 0.25) is 0 Å².